The lowest BCUT2D eigenvalue weighted by Gasteiger charge is -2.53. The summed E-state index contributed by atoms with van der Waals surface area (Å²) in [6.45, 7) is 1.07. The Morgan fingerprint density at radius 2 is 1.54 bits per heavy atom. The van der Waals surface area contributed by atoms with E-state index >= 15 is 0 Å². The number of esters is 3. The van der Waals surface area contributed by atoms with Gasteiger partial charge in [-0.3, -0.25) is 9.59 Å². The number of hydrogen-bond donors (Lipinski definition) is 0. The van der Waals surface area contributed by atoms with Crippen molar-refractivity contribution in [1.29, 1.82) is 0 Å². The van der Waals surface area contributed by atoms with Crippen LogP contribution < -0.4 is 0 Å². The molecule has 150 valence electrons. The van der Waals surface area contributed by atoms with Gasteiger partial charge in [0, 0.05) is 6.42 Å². The highest BCUT2D eigenvalue weighted by atomic mass is 16.6. The first-order valence-electron chi connectivity index (χ1n) is 8.39. The molecule has 2 atom stereocenters. The molecule has 1 heterocycles. The summed E-state index contributed by atoms with van der Waals surface area (Å²) in [6.07, 6.45) is -0.0420. The zero-order valence-corrected chi connectivity index (χ0v) is 16.0. The third kappa shape index (κ3) is 3.12. The SMILES string of the molecule is COC(=O)[C@@H](Cc1ccccc1)N1C(=O)[C@@H](C(C)=O)C1(C(=O)OC)C(=O)OC. The van der Waals surface area contributed by atoms with E-state index in [0.717, 1.165) is 33.2 Å². The molecular weight excluding hydrogens is 370 g/mol. The second kappa shape index (κ2) is 8.20. The number of amides is 1. The summed E-state index contributed by atoms with van der Waals surface area (Å²) in [7, 11) is 3.14. The van der Waals surface area contributed by atoms with Crippen LogP contribution in [-0.2, 0) is 44.6 Å². The van der Waals surface area contributed by atoms with Gasteiger partial charge in [-0.1, -0.05) is 30.3 Å². The molecule has 1 fully saturated rings. The highest BCUT2D eigenvalue weighted by molar-refractivity contribution is 6.24. The molecule has 1 aromatic carbocycles. The van der Waals surface area contributed by atoms with Gasteiger partial charge in [-0.25, -0.2) is 14.4 Å². The van der Waals surface area contributed by atoms with Crippen LogP contribution in [-0.4, -0.2) is 67.4 Å². The lowest BCUT2D eigenvalue weighted by atomic mass is 9.69. The molecule has 0 spiro atoms. The van der Waals surface area contributed by atoms with Crippen LogP contribution in [0.5, 0.6) is 0 Å². The van der Waals surface area contributed by atoms with E-state index in [4.69, 9.17) is 14.2 Å². The average Bonchev–Trinajstić information content (AvgIpc) is 2.69. The maximum absolute atomic E-state index is 12.8. The van der Waals surface area contributed by atoms with E-state index in [2.05, 4.69) is 0 Å². The van der Waals surface area contributed by atoms with Crippen LogP contribution in [0.1, 0.15) is 12.5 Å². The van der Waals surface area contributed by atoms with Gasteiger partial charge in [-0.05, 0) is 12.5 Å². The summed E-state index contributed by atoms with van der Waals surface area (Å²) < 4.78 is 14.2. The van der Waals surface area contributed by atoms with Crippen molar-refractivity contribution in [3.05, 3.63) is 35.9 Å². The molecule has 1 aliphatic rings. The molecule has 28 heavy (non-hydrogen) atoms. The first kappa shape index (κ1) is 21.1. The van der Waals surface area contributed by atoms with Crippen molar-refractivity contribution in [2.24, 2.45) is 5.92 Å². The number of benzene rings is 1. The first-order chi connectivity index (χ1) is 13.3. The van der Waals surface area contributed by atoms with E-state index in [0.29, 0.717) is 5.56 Å². The highest BCUT2D eigenvalue weighted by Crippen LogP contribution is 2.43. The fraction of sp³-hybridized carbons (Fsp3) is 0.421. The van der Waals surface area contributed by atoms with E-state index in [-0.39, 0.29) is 6.42 Å². The van der Waals surface area contributed by atoms with Gasteiger partial charge in [0.05, 0.1) is 21.3 Å². The summed E-state index contributed by atoms with van der Waals surface area (Å²) in [5, 5.41) is 0. The fourth-order valence-electron chi connectivity index (χ4n) is 3.51. The van der Waals surface area contributed by atoms with Crippen molar-refractivity contribution in [2.75, 3.05) is 21.3 Å². The summed E-state index contributed by atoms with van der Waals surface area (Å²) in [4.78, 5) is 63.4. The second-order valence-electron chi connectivity index (χ2n) is 6.23. The Kier molecular flexibility index (Phi) is 6.17. The largest absolute Gasteiger partial charge is 0.467 e. The number of nitrogens with zero attached hydrogens (tertiary/aromatic N) is 1. The van der Waals surface area contributed by atoms with E-state index in [9.17, 15) is 24.0 Å². The van der Waals surface area contributed by atoms with Crippen molar-refractivity contribution < 1.29 is 38.2 Å². The standard InChI is InChI=1S/C19H21NO8/c1-11(21)14-15(22)20(19(14,17(24)27-3)18(25)28-4)13(16(23)26-2)10-12-8-6-5-7-9-12/h5-9,13-14H,10H2,1-4H3/t13-,14-/m1/s1. The lowest BCUT2D eigenvalue weighted by molar-refractivity contribution is -0.208. The quantitative estimate of drug-likeness (QED) is 0.274. The van der Waals surface area contributed by atoms with Gasteiger partial charge in [0.25, 0.3) is 5.54 Å². The maximum Gasteiger partial charge on any atom is 0.345 e. The van der Waals surface area contributed by atoms with Crippen molar-refractivity contribution in [3.8, 4) is 0 Å². The van der Waals surface area contributed by atoms with Gasteiger partial charge in [-0.15, -0.1) is 0 Å². The number of Topliss-reactive ketones (excluding diaryl/α,β-unsaturated/α-hetero) is 1. The third-order valence-corrected chi connectivity index (χ3v) is 4.74. The van der Waals surface area contributed by atoms with Crippen LogP contribution >= 0.6 is 0 Å². The van der Waals surface area contributed by atoms with Crippen LogP contribution in [0.25, 0.3) is 0 Å². The average molecular weight is 391 g/mol. The van der Waals surface area contributed by atoms with E-state index in [1.807, 2.05) is 0 Å². The van der Waals surface area contributed by atoms with Gasteiger partial charge in [0.1, 0.15) is 17.7 Å². The summed E-state index contributed by atoms with van der Waals surface area (Å²) >= 11 is 0. The molecule has 0 aliphatic carbocycles. The van der Waals surface area contributed by atoms with E-state index < -0.39 is 47.1 Å². The molecule has 0 radical (unpaired) electrons. The molecule has 0 saturated carbocycles. The number of hydrogen-bond acceptors (Lipinski definition) is 8. The Hall–Kier alpha value is -3.23. The molecule has 0 unspecified atom stereocenters. The fourth-order valence-corrected chi connectivity index (χ4v) is 3.51. The summed E-state index contributed by atoms with van der Waals surface area (Å²) in [5.74, 6) is -6.40. The first-order valence-corrected chi connectivity index (χ1v) is 8.39. The van der Waals surface area contributed by atoms with Crippen molar-refractivity contribution >= 4 is 29.6 Å². The number of likely N-dealkylation sites (tertiary alicyclic amines) is 1. The molecule has 9 nitrogen and oxygen atoms in total. The Bertz CT molecular complexity index is 787. The Balaban J connectivity index is 2.62. The number of carbonyl (C=O) groups is 5. The summed E-state index contributed by atoms with van der Waals surface area (Å²) in [6, 6.07) is 7.31. The van der Waals surface area contributed by atoms with E-state index in [1.54, 1.807) is 30.3 Å². The zero-order chi connectivity index (χ0) is 21.1. The predicted octanol–water partition coefficient (Wildman–Crippen LogP) is -0.0971. The number of β-lactam (4-membered cyclic amide) rings is 1. The van der Waals surface area contributed by atoms with Gasteiger partial charge in [-0.2, -0.15) is 0 Å². The third-order valence-electron chi connectivity index (χ3n) is 4.74. The van der Waals surface area contributed by atoms with Crippen molar-refractivity contribution in [1.82, 2.24) is 4.90 Å². The maximum atomic E-state index is 12.8. The Morgan fingerprint density at radius 1 is 1.00 bits per heavy atom. The molecular formula is C19H21NO8. The molecule has 1 aliphatic heterocycles. The van der Waals surface area contributed by atoms with Crippen LogP contribution in [0.15, 0.2) is 30.3 Å². The number of ketones is 1. The molecule has 1 amide bonds. The minimum absolute atomic E-state index is 0.0420. The van der Waals surface area contributed by atoms with Gasteiger partial charge >= 0.3 is 17.9 Å². The Morgan fingerprint density at radius 3 is 1.96 bits per heavy atom. The smallest absolute Gasteiger partial charge is 0.345 e. The molecule has 9 heteroatoms. The lowest BCUT2D eigenvalue weighted by Crippen LogP contribution is -2.83. The second-order valence-corrected chi connectivity index (χ2v) is 6.23. The molecule has 1 aromatic rings. The van der Waals surface area contributed by atoms with Gasteiger partial charge < -0.3 is 19.1 Å². The van der Waals surface area contributed by atoms with Crippen LogP contribution in [0, 0.1) is 5.92 Å². The predicted molar refractivity (Wildman–Crippen MR) is 93.7 cm³/mol. The molecule has 0 aromatic heterocycles. The van der Waals surface area contributed by atoms with Gasteiger partial charge in [0.15, 0.2) is 0 Å². The van der Waals surface area contributed by atoms with Gasteiger partial charge in [0.2, 0.25) is 5.91 Å². The molecule has 2 rings (SSSR count). The van der Waals surface area contributed by atoms with Crippen LogP contribution in [0.3, 0.4) is 0 Å². The minimum atomic E-state index is -2.39. The van der Waals surface area contributed by atoms with Crippen molar-refractivity contribution in [3.63, 3.8) is 0 Å². The summed E-state index contributed by atoms with van der Waals surface area (Å²) in [5.41, 5.74) is -1.74. The molecule has 1 saturated heterocycles. The topological polar surface area (TPSA) is 116 Å². The Labute approximate surface area is 161 Å². The number of ether oxygens (including phenoxy) is 3. The molecule has 0 bridgehead atoms. The number of rotatable bonds is 7. The number of carbonyl (C=O) groups excluding carboxylic acids is 5. The molecule has 0 N–H and O–H groups in total. The highest BCUT2D eigenvalue weighted by Gasteiger charge is 2.75. The number of methoxy groups -OCH3 is 3. The van der Waals surface area contributed by atoms with Crippen LogP contribution in [0.2, 0.25) is 0 Å². The monoisotopic (exact) mass is 391 g/mol. The minimum Gasteiger partial charge on any atom is -0.467 e. The normalized spacial score (nSPS) is 18.5. The van der Waals surface area contributed by atoms with Crippen LogP contribution in [0.4, 0.5) is 0 Å². The van der Waals surface area contributed by atoms with E-state index in [1.165, 1.54) is 0 Å². The van der Waals surface area contributed by atoms with Crippen molar-refractivity contribution in [2.45, 2.75) is 24.9 Å². The zero-order valence-electron chi connectivity index (χ0n) is 16.0.